The number of amidine groups is 1. The van der Waals surface area contributed by atoms with E-state index in [1.54, 1.807) is 17.4 Å². The SMILES string of the molecule is Fc1ccc2c(c1)C(c1ccc(N3CCOCC3)cc1)=NNC(c1cccs1)=N2. The molecule has 0 atom stereocenters. The molecule has 0 saturated carbocycles. The topological polar surface area (TPSA) is 49.2 Å². The summed E-state index contributed by atoms with van der Waals surface area (Å²) < 4.78 is 19.5. The minimum Gasteiger partial charge on any atom is -0.378 e. The third-order valence-electron chi connectivity index (χ3n) is 4.99. The van der Waals surface area contributed by atoms with Crippen LogP contribution in [-0.4, -0.2) is 37.9 Å². The van der Waals surface area contributed by atoms with Crippen molar-refractivity contribution in [3.05, 3.63) is 81.8 Å². The van der Waals surface area contributed by atoms with E-state index in [0.717, 1.165) is 42.4 Å². The first-order valence-corrected chi connectivity index (χ1v) is 10.4. The lowest BCUT2D eigenvalue weighted by Crippen LogP contribution is -2.36. The zero-order chi connectivity index (χ0) is 19.6. The van der Waals surface area contributed by atoms with Crippen molar-refractivity contribution in [2.24, 2.45) is 10.1 Å². The van der Waals surface area contributed by atoms with E-state index < -0.39 is 0 Å². The zero-order valence-corrected chi connectivity index (χ0v) is 16.5. The lowest BCUT2D eigenvalue weighted by molar-refractivity contribution is 0.122. The summed E-state index contributed by atoms with van der Waals surface area (Å²) in [4.78, 5) is 7.98. The molecule has 0 radical (unpaired) electrons. The molecule has 1 N–H and O–H groups in total. The van der Waals surface area contributed by atoms with Crippen LogP contribution in [0.4, 0.5) is 15.8 Å². The first kappa shape index (κ1) is 18.0. The third-order valence-corrected chi connectivity index (χ3v) is 5.87. The summed E-state index contributed by atoms with van der Waals surface area (Å²) >= 11 is 1.58. The van der Waals surface area contributed by atoms with E-state index in [1.807, 2.05) is 29.6 Å². The van der Waals surface area contributed by atoms with E-state index in [2.05, 4.69) is 27.6 Å². The fourth-order valence-corrected chi connectivity index (χ4v) is 4.17. The van der Waals surface area contributed by atoms with Gasteiger partial charge in [0.2, 0.25) is 0 Å². The monoisotopic (exact) mass is 406 g/mol. The number of hydrogen-bond donors (Lipinski definition) is 1. The Morgan fingerprint density at radius 3 is 2.62 bits per heavy atom. The molecule has 5 rings (SSSR count). The van der Waals surface area contributed by atoms with Crippen LogP contribution in [0.3, 0.4) is 0 Å². The molecule has 0 spiro atoms. The number of rotatable bonds is 3. The van der Waals surface area contributed by atoms with Crippen molar-refractivity contribution in [2.45, 2.75) is 0 Å². The van der Waals surface area contributed by atoms with E-state index in [9.17, 15) is 4.39 Å². The Balaban J connectivity index is 1.52. The Morgan fingerprint density at radius 2 is 1.86 bits per heavy atom. The van der Waals surface area contributed by atoms with Gasteiger partial charge >= 0.3 is 0 Å². The molecule has 1 aromatic heterocycles. The fourth-order valence-electron chi connectivity index (χ4n) is 3.51. The summed E-state index contributed by atoms with van der Waals surface area (Å²) in [6, 6.07) is 16.8. The molecule has 5 nitrogen and oxygen atoms in total. The second-order valence-electron chi connectivity index (χ2n) is 6.82. The predicted octanol–water partition coefficient (Wildman–Crippen LogP) is 4.16. The molecule has 0 bridgehead atoms. The second kappa shape index (κ2) is 7.77. The van der Waals surface area contributed by atoms with Crippen LogP contribution in [0.1, 0.15) is 16.0 Å². The number of morpholine rings is 1. The number of benzene rings is 2. The van der Waals surface area contributed by atoms with Gasteiger partial charge in [0, 0.05) is 29.9 Å². The largest absolute Gasteiger partial charge is 0.378 e. The average Bonchev–Trinajstić information content (AvgIpc) is 3.24. The Hall–Kier alpha value is -3.03. The van der Waals surface area contributed by atoms with Gasteiger partial charge in [-0.15, -0.1) is 11.3 Å². The molecule has 1 fully saturated rings. The quantitative estimate of drug-likeness (QED) is 0.711. The lowest BCUT2D eigenvalue weighted by Gasteiger charge is -2.29. The summed E-state index contributed by atoms with van der Waals surface area (Å²) in [5, 5.41) is 6.59. The maximum atomic E-state index is 14.1. The summed E-state index contributed by atoms with van der Waals surface area (Å²) in [6.45, 7) is 3.25. The van der Waals surface area contributed by atoms with Crippen LogP contribution in [-0.2, 0) is 4.74 Å². The fraction of sp³-hybridized carbons (Fsp3) is 0.182. The van der Waals surface area contributed by atoms with E-state index >= 15 is 0 Å². The standard InChI is InChI=1S/C22H19FN4OS/c23-16-5-8-19-18(14-16)21(25-26-22(24-19)20-2-1-13-29-20)15-3-6-17(7-4-15)27-9-11-28-12-10-27/h1-8,13-14H,9-12H2,(H,24,26). The van der Waals surface area contributed by atoms with Gasteiger partial charge in [0.25, 0.3) is 0 Å². The Kier molecular flexibility index (Phi) is 4.83. The molecule has 29 heavy (non-hydrogen) atoms. The van der Waals surface area contributed by atoms with Crippen molar-refractivity contribution in [2.75, 3.05) is 31.2 Å². The van der Waals surface area contributed by atoms with Crippen LogP contribution in [0, 0.1) is 5.82 Å². The number of ether oxygens (including phenoxy) is 1. The van der Waals surface area contributed by atoms with Crippen LogP contribution in [0.2, 0.25) is 0 Å². The van der Waals surface area contributed by atoms with Gasteiger partial charge in [-0.2, -0.15) is 5.10 Å². The molecule has 0 unspecified atom stereocenters. The van der Waals surface area contributed by atoms with Crippen molar-refractivity contribution in [3.8, 4) is 0 Å². The van der Waals surface area contributed by atoms with Crippen LogP contribution in [0.15, 0.2) is 70.1 Å². The number of halogens is 1. The van der Waals surface area contributed by atoms with Crippen LogP contribution in [0.5, 0.6) is 0 Å². The maximum absolute atomic E-state index is 14.1. The smallest absolute Gasteiger partial charge is 0.164 e. The number of hydrazone groups is 1. The van der Waals surface area contributed by atoms with E-state index in [1.165, 1.54) is 12.1 Å². The summed E-state index contributed by atoms with van der Waals surface area (Å²) in [5.41, 5.74) is 7.16. The minimum absolute atomic E-state index is 0.309. The number of fused-ring (bicyclic) bond motifs is 1. The van der Waals surface area contributed by atoms with E-state index in [0.29, 0.717) is 22.8 Å². The molecule has 0 aliphatic carbocycles. The molecule has 1 saturated heterocycles. The van der Waals surface area contributed by atoms with Gasteiger partial charge in [0.15, 0.2) is 5.84 Å². The first-order valence-electron chi connectivity index (χ1n) is 9.47. The molecule has 7 heteroatoms. The number of nitrogens with one attached hydrogen (secondary N) is 1. The van der Waals surface area contributed by atoms with Gasteiger partial charge in [-0.05, 0) is 41.8 Å². The van der Waals surface area contributed by atoms with Gasteiger partial charge in [0.05, 0.1) is 23.8 Å². The molecule has 0 amide bonds. The molecule has 2 aromatic carbocycles. The number of nitrogens with zero attached hydrogens (tertiary/aromatic N) is 3. The first-order chi connectivity index (χ1) is 14.3. The van der Waals surface area contributed by atoms with Crippen LogP contribution >= 0.6 is 11.3 Å². The second-order valence-corrected chi connectivity index (χ2v) is 7.77. The van der Waals surface area contributed by atoms with Gasteiger partial charge in [0.1, 0.15) is 11.5 Å². The van der Waals surface area contributed by atoms with Crippen molar-refractivity contribution in [1.82, 2.24) is 5.43 Å². The molecular weight excluding hydrogens is 387 g/mol. The van der Waals surface area contributed by atoms with Gasteiger partial charge in [-0.1, -0.05) is 18.2 Å². The molecule has 2 aliphatic heterocycles. The van der Waals surface area contributed by atoms with Gasteiger partial charge < -0.3 is 9.64 Å². The maximum Gasteiger partial charge on any atom is 0.164 e. The number of anilines is 1. The zero-order valence-electron chi connectivity index (χ0n) is 15.6. The highest BCUT2D eigenvalue weighted by molar-refractivity contribution is 7.12. The van der Waals surface area contributed by atoms with Crippen LogP contribution in [0.25, 0.3) is 0 Å². The van der Waals surface area contributed by atoms with Gasteiger partial charge in [-0.3, -0.25) is 5.43 Å². The molecule has 146 valence electrons. The lowest BCUT2D eigenvalue weighted by atomic mass is 10.00. The molecular formula is C22H19FN4OS. The number of thiophene rings is 1. The minimum atomic E-state index is -0.309. The average molecular weight is 406 g/mol. The Labute approximate surface area is 172 Å². The van der Waals surface area contributed by atoms with E-state index in [-0.39, 0.29) is 5.82 Å². The highest BCUT2D eigenvalue weighted by atomic mass is 32.1. The predicted molar refractivity (Wildman–Crippen MR) is 115 cm³/mol. The molecule has 2 aliphatic rings. The third kappa shape index (κ3) is 3.66. The van der Waals surface area contributed by atoms with Crippen LogP contribution < -0.4 is 10.3 Å². The number of hydrogen-bond acceptors (Lipinski definition) is 6. The van der Waals surface area contributed by atoms with Crippen molar-refractivity contribution in [3.63, 3.8) is 0 Å². The van der Waals surface area contributed by atoms with Gasteiger partial charge in [-0.25, -0.2) is 9.38 Å². The number of aliphatic imine (C=N–C) groups is 1. The normalized spacial score (nSPS) is 16.4. The molecule has 3 heterocycles. The highest BCUT2D eigenvalue weighted by Crippen LogP contribution is 2.28. The van der Waals surface area contributed by atoms with Crippen molar-refractivity contribution in [1.29, 1.82) is 0 Å². The highest BCUT2D eigenvalue weighted by Gasteiger charge is 2.19. The Bertz CT molecular complexity index is 1070. The molecule has 3 aromatic rings. The van der Waals surface area contributed by atoms with E-state index in [4.69, 9.17) is 9.73 Å². The summed E-state index contributed by atoms with van der Waals surface area (Å²) in [6.07, 6.45) is 0. The summed E-state index contributed by atoms with van der Waals surface area (Å²) in [7, 11) is 0. The van der Waals surface area contributed by atoms with Crippen molar-refractivity contribution < 1.29 is 9.13 Å². The Morgan fingerprint density at radius 1 is 1.03 bits per heavy atom. The summed E-state index contributed by atoms with van der Waals surface area (Å²) in [5.74, 6) is 0.351. The van der Waals surface area contributed by atoms with Crippen molar-refractivity contribution >= 4 is 34.3 Å².